The van der Waals surface area contributed by atoms with E-state index < -0.39 is 24.2 Å². The molecule has 1 heterocycles. The van der Waals surface area contributed by atoms with Crippen molar-refractivity contribution in [1.29, 1.82) is 0 Å². The van der Waals surface area contributed by atoms with Gasteiger partial charge in [-0.15, -0.1) is 0 Å². The van der Waals surface area contributed by atoms with Crippen molar-refractivity contribution in [3.05, 3.63) is 35.9 Å². The fourth-order valence-electron chi connectivity index (χ4n) is 2.55. The summed E-state index contributed by atoms with van der Waals surface area (Å²) in [5.41, 5.74) is 6.08. The second-order valence-corrected chi connectivity index (χ2v) is 5.46. The third-order valence-electron chi connectivity index (χ3n) is 3.81. The summed E-state index contributed by atoms with van der Waals surface area (Å²) in [6.45, 7) is 0.481. The first-order chi connectivity index (χ1) is 10.4. The lowest BCUT2D eigenvalue weighted by Crippen LogP contribution is -2.51. The second-order valence-electron chi connectivity index (χ2n) is 5.46. The fourth-order valence-corrected chi connectivity index (χ4v) is 2.55. The number of nitrogens with two attached hydrogens (primary N) is 1. The predicted octanol–water partition coefficient (Wildman–Crippen LogP) is 2.92. The number of piperidine rings is 1. The largest absolute Gasteiger partial charge is 0.445 e. The molecule has 0 aromatic heterocycles. The minimum atomic E-state index is -4.44. The van der Waals surface area contributed by atoms with E-state index in [0.29, 0.717) is 19.4 Å². The molecule has 2 N–H and O–H groups in total. The van der Waals surface area contributed by atoms with Gasteiger partial charge in [0.2, 0.25) is 0 Å². The molecule has 1 unspecified atom stereocenters. The zero-order chi connectivity index (χ0) is 16.2. The molecular formula is C15H19F3N2O2. The number of carbonyl (C=O) groups is 1. The summed E-state index contributed by atoms with van der Waals surface area (Å²) in [5, 5.41) is 0. The number of amides is 1. The van der Waals surface area contributed by atoms with E-state index in [2.05, 4.69) is 0 Å². The lowest BCUT2D eigenvalue weighted by atomic mass is 9.91. The molecule has 0 spiro atoms. The number of hydrogen-bond donors (Lipinski definition) is 1. The van der Waals surface area contributed by atoms with E-state index in [1.54, 1.807) is 0 Å². The van der Waals surface area contributed by atoms with Crippen molar-refractivity contribution >= 4 is 6.09 Å². The van der Waals surface area contributed by atoms with Gasteiger partial charge in [0.15, 0.2) is 0 Å². The smallest absolute Gasteiger partial charge is 0.410 e. The average Bonchev–Trinajstić information content (AvgIpc) is 2.52. The van der Waals surface area contributed by atoms with Gasteiger partial charge in [0, 0.05) is 19.0 Å². The lowest BCUT2D eigenvalue weighted by molar-refractivity contribution is -0.162. The van der Waals surface area contributed by atoms with Crippen LogP contribution in [-0.2, 0) is 11.3 Å². The molecule has 0 bridgehead atoms. The van der Waals surface area contributed by atoms with Gasteiger partial charge in [0.25, 0.3) is 0 Å². The van der Waals surface area contributed by atoms with E-state index in [9.17, 15) is 18.0 Å². The van der Waals surface area contributed by atoms with Crippen LogP contribution in [0.1, 0.15) is 18.4 Å². The summed E-state index contributed by atoms with van der Waals surface area (Å²) in [5.74, 6) is -0.780. The molecule has 22 heavy (non-hydrogen) atoms. The summed E-state index contributed by atoms with van der Waals surface area (Å²) >= 11 is 0. The number of rotatable bonds is 3. The first-order valence-corrected chi connectivity index (χ1v) is 7.16. The highest BCUT2D eigenvalue weighted by Crippen LogP contribution is 2.29. The van der Waals surface area contributed by atoms with Crippen molar-refractivity contribution in [1.82, 2.24) is 4.90 Å². The van der Waals surface area contributed by atoms with Crippen LogP contribution < -0.4 is 5.73 Å². The Morgan fingerprint density at radius 1 is 1.36 bits per heavy atom. The maximum Gasteiger partial charge on any atom is 0.410 e. The van der Waals surface area contributed by atoms with Crippen LogP contribution in [0.5, 0.6) is 0 Å². The van der Waals surface area contributed by atoms with Crippen molar-refractivity contribution in [3.8, 4) is 0 Å². The predicted molar refractivity (Wildman–Crippen MR) is 75.0 cm³/mol. The third kappa shape index (κ3) is 4.37. The molecular weight excluding hydrogens is 297 g/mol. The Labute approximate surface area is 127 Å². The molecule has 1 fully saturated rings. The van der Waals surface area contributed by atoms with Crippen molar-refractivity contribution in [2.75, 3.05) is 13.1 Å². The highest BCUT2D eigenvalue weighted by atomic mass is 19.4. The zero-order valence-corrected chi connectivity index (χ0v) is 12.1. The van der Waals surface area contributed by atoms with Crippen molar-refractivity contribution in [2.24, 2.45) is 11.7 Å². The van der Waals surface area contributed by atoms with Gasteiger partial charge in [-0.25, -0.2) is 4.79 Å². The topological polar surface area (TPSA) is 55.6 Å². The van der Waals surface area contributed by atoms with Gasteiger partial charge in [0.05, 0.1) is 0 Å². The molecule has 2 rings (SSSR count). The minimum Gasteiger partial charge on any atom is -0.445 e. The van der Waals surface area contributed by atoms with Gasteiger partial charge in [-0.2, -0.15) is 13.2 Å². The van der Waals surface area contributed by atoms with E-state index >= 15 is 0 Å². The van der Waals surface area contributed by atoms with Crippen LogP contribution in [-0.4, -0.2) is 36.3 Å². The zero-order valence-electron chi connectivity index (χ0n) is 12.1. The Hall–Kier alpha value is -1.76. The van der Waals surface area contributed by atoms with E-state index in [0.717, 1.165) is 5.56 Å². The second kappa shape index (κ2) is 7.00. The Balaban J connectivity index is 1.87. The number of hydrogen-bond acceptors (Lipinski definition) is 3. The number of ether oxygens (including phenoxy) is 1. The van der Waals surface area contributed by atoms with Gasteiger partial charge in [0.1, 0.15) is 12.6 Å². The number of likely N-dealkylation sites (tertiary alicyclic amines) is 1. The van der Waals surface area contributed by atoms with Gasteiger partial charge < -0.3 is 15.4 Å². The molecule has 0 radical (unpaired) electrons. The highest BCUT2D eigenvalue weighted by Gasteiger charge is 2.43. The van der Waals surface area contributed by atoms with E-state index in [-0.39, 0.29) is 13.2 Å². The molecule has 1 amide bonds. The standard InChI is InChI=1S/C15H19F3N2O2/c16-15(17,18)13(19)12-7-4-8-20(9-12)14(21)22-10-11-5-2-1-3-6-11/h1-3,5-6,12-13H,4,7-10,19H2/t12?,13-/m1/s1. The normalized spacial score (nSPS) is 20.5. The number of nitrogens with zero attached hydrogens (tertiary/aromatic N) is 1. The third-order valence-corrected chi connectivity index (χ3v) is 3.81. The summed E-state index contributed by atoms with van der Waals surface area (Å²) in [7, 11) is 0. The van der Waals surface area contributed by atoms with Crippen molar-refractivity contribution in [2.45, 2.75) is 31.7 Å². The maximum absolute atomic E-state index is 12.7. The summed E-state index contributed by atoms with van der Waals surface area (Å²) in [6, 6.07) is 7.21. The molecule has 1 saturated heterocycles. The summed E-state index contributed by atoms with van der Waals surface area (Å²) in [6.07, 6.45) is -4.18. The fraction of sp³-hybridized carbons (Fsp3) is 0.533. The number of carbonyl (C=O) groups excluding carboxylic acids is 1. The number of benzene rings is 1. The van der Waals surface area contributed by atoms with Crippen LogP contribution in [0.4, 0.5) is 18.0 Å². The number of alkyl halides is 3. The maximum atomic E-state index is 12.7. The SMILES string of the molecule is N[C@H](C1CCCN(C(=O)OCc2ccccc2)C1)C(F)(F)F. The molecule has 0 saturated carbocycles. The molecule has 4 nitrogen and oxygen atoms in total. The average molecular weight is 316 g/mol. The molecule has 2 atom stereocenters. The van der Waals surface area contributed by atoms with E-state index in [1.165, 1.54) is 4.90 Å². The molecule has 0 aliphatic carbocycles. The lowest BCUT2D eigenvalue weighted by Gasteiger charge is -2.35. The Morgan fingerprint density at radius 2 is 2.05 bits per heavy atom. The van der Waals surface area contributed by atoms with E-state index in [1.807, 2.05) is 30.3 Å². The van der Waals surface area contributed by atoms with Gasteiger partial charge in [-0.1, -0.05) is 30.3 Å². The Bertz CT molecular complexity index is 493. The van der Waals surface area contributed by atoms with Gasteiger partial charge in [-0.05, 0) is 18.4 Å². The van der Waals surface area contributed by atoms with Crippen molar-refractivity contribution < 1.29 is 22.7 Å². The summed E-state index contributed by atoms with van der Waals surface area (Å²) < 4.78 is 43.2. The van der Waals surface area contributed by atoms with Crippen LogP contribution in [0.15, 0.2) is 30.3 Å². The molecule has 7 heteroatoms. The monoisotopic (exact) mass is 316 g/mol. The Morgan fingerprint density at radius 3 is 2.68 bits per heavy atom. The highest BCUT2D eigenvalue weighted by molar-refractivity contribution is 5.67. The first kappa shape index (κ1) is 16.6. The van der Waals surface area contributed by atoms with Crippen molar-refractivity contribution in [3.63, 3.8) is 0 Å². The van der Waals surface area contributed by atoms with Crippen LogP contribution in [0.25, 0.3) is 0 Å². The molecule has 1 aromatic rings. The minimum absolute atomic E-state index is 0.0195. The van der Waals surface area contributed by atoms with Gasteiger partial charge >= 0.3 is 12.3 Å². The van der Waals surface area contributed by atoms with Crippen LogP contribution >= 0.6 is 0 Å². The number of halogens is 3. The van der Waals surface area contributed by atoms with E-state index in [4.69, 9.17) is 10.5 Å². The first-order valence-electron chi connectivity index (χ1n) is 7.16. The quantitative estimate of drug-likeness (QED) is 0.933. The van der Waals surface area contributed by atoms with Crippen LogP contribution in [0.2, 0.25) is 0 Å². The summed E-state index contributed by atoms with van der Waals surface area (Å²) in [4.78, 5) is 13.3. The molecule has 1 aromatic carbocycles. The molecule has 1 aliphatic heterocycles. The van der Waals surface area contributed by atoms with Crippen LogP contribution in [0.3, 0.4) is 0 Å². The Kier molecular flexibility index (Phi) is 5.28. The van der Waals surface area contributed by atoms with Gasteiger partial charge in [-0.3, -0.25) is 0 Å². The molecule has 1 aliphatic rings. The van der Waals surface area contributed by atoms with Crippen LogP contribution in [0, 0.1) is 5.92 Å². The molecule has 122 valence electrons.